The van der Waals surface area contributed by atoms with Crippen molar-refractivity contribution in [1.82, 2.24) is 4.98 Å². The van der Waals surface area contributed by atoms with Crippen molar-refractivity contribution in [1.29, 1.82) is 0 Å². The van der Waals surface area contributed by atoms with Gasteiger partial charge in [-0.3, -0.25) is 4.79 Å². The van der Waals surface area contributed by atoms with Crippen molar-refractivity contribution < 1.29 is 23.1 Å². The number of halogens is 2. The summed E-state index contributed by atoms with van der Waals surface area (Å²) in [6, 6.07) is 12.2. The topological polar surface area (TPSA) is 68.3 Å². The van der Waals surface area contributed by atoms with Crippen LogP contribution in [0.1, 0.15) is 10.5 Å². The van der Waals surface area contributed by atoms with E-state index in [9.17, 15) is 18.4 Å². The molecule has 0 fully saturated rings. The molecule has 0 radical (unpaired) electrons. The quantitative estimate of drug-likeness (QED) is 0.688. The molecule has 3 aromatic rings. The molecule has 0 spiro atoms. The number of carbonyl (C=O) groups is 2. The lowest BCUT2D eigenvalue weighted by Crippen LogP contribution is -2.21. The van der Waals surface area contributed by atoms with E-state index in [-0.39, 0.29) is 11.4 Å². The Kier molecular flexibility index (Phi) is 5.33. The molecule has 1 aromatic heterocycles. The van der Waals surface area contributed by atoms with Gasteiger partial charge in [0, 0.05) is 22.7 Å². The maximum atomic E-state index is 13.1. The fraction of sp³-hybridized carbons (Fsp3) is 0.0556. The van der Waals surface area contributed by atoms with E-state index in [0.717, 1.165) is 17.7 Å². The van der Waals surface area contributed by atoms with Crippen LogP contribution in [0.15, 0.2) is 53.9 Å². The maximum absolute atomic E-state index is 13.1. The maximum Gasteiger partial charge on any atom is 0.358 e. The molecule has 0 unspecified atom stereocenters. The zero-order valence-electron chi connectivity index (χ0n) is 13.2. The normalized spacial score (nSPS) is 10.4. The van der Waals surface area contributed by atoms with E-state index in [2.05, 4.69) is 10.3 Å². The Bertz CT molecular complexity index is 945. The van der Waals surface area contributed by atoms with Crippen LogP contribution < -0.4 is 5.32 Å². The number of nitrogens with zero attached hydrogens (tertiary/aromatic N) is 1. The third kappa shape index (κ3) is 4.28. The second kappa shape index (κ2) is 7.83. The zero-order chi connectivity index (χ0) is 18.5. The van der Waals surface area contributed by atoms with Crippen molar-refractivity contribution in [2.45, 2.75) is 0 Å². The molecule has 0 aliphatic carbocycles. The molecule has 1 N–H and O–H groups in total. The molecular weight excluding hydrogens is 362 g/mol. The van der Waals surface area contributed by atoms with Crippen molar-refractivity contribution in [3.63, 3.8) is 0 Å². The third-order valence-corrected chi connectivity index (χ3v) is 4.16. The minimum absolute atomic E-state index is 0.0602. The van der Waals surface area contributed by atoms with Crippen molar-refractivity contribution >= 4 is 28.9 Å². The Balaban J connectivity index is 1.56. The Hall–Kier alpha value is -3.13. The summed E-state index contributed by atoms with van der Waals surface area (Å²) in [6.07, 6.45) is 0. The average Bonchev–Trinajstić information content (AvgIpc) is 3.14. The van der Waals surface area contributed by atoms with Crippen LogP contribution in [0, 0.1) is 11.6 Å². The lowest BCUT2D eigenvalue weighted by atomic mass is 10.2. The molecule has 0 bridgehead atoms. The second-order valence-electron chi connectivity index (χ2n) is 5.16. The first-order chi connectivity index (χ1) is 12.5. The third-order valence-electron chi connectivity index (χ3n) is 3.27. The molecule has 1 heterocycles. The number of rotatable bonds is 5. The number of hydrogen-bond acceptors (Lipinski definition) is 5. The number of aromatic nitrogens is 1. The smallest absolute Gasteiger partial charge is 0.358 e. The molecule has 0 saturated heterocycles. The molecule has 132 valence electrons. The molecule has 5 nitrogen and oxygen atoms in total. The Labute approximate surface area is 151 Å². The molecule has 2 aromatic carbocycles. The van der Waals surface area contributed by atoms with E-state index in [1.54, 1.807) is 0 Å². The van der Waals surface area contributed by atoms with Gasteiger partial charge in [-0.2, -0.15) is 0 Å². The zero-order valence-corrected chi connectivity index (χ0v) is 14.1. The summed E-state index contributed by atoms with van der Waals surface area (Å²) in [4.78, 5) is 27.9. The number of benzene rings is 2. The van der Waals surface area contributed by atoms with Gasteiger partial charge in [0.25, 0.3) is 5.91 Å². The SMILES string of the molecule is O=C(COC(=O)c1csc(-c2ccccc2)n1)Nc1ccc(F)c(F)c1. The van der Waals surface area contributed by atoms with Gasteiger partial charge in [0.1, 0.15) is 5.01 Å². The van der Waals surface area contributed by atoms with Crippen LogP contribution in [-0.4, -0.2) is 23.5 Å². The number of amides is 1. The second-order valence-corrected chi connectivity index (χ2v) is 6.02. The van der Waals surface area contributed by atoms with Crippen molar-refractivity contribution in [3.8, 4) is 10.6 Å². The van der Waals surface area contributed by atoms with E-state index in [1.807, 2.05) is 30.3 Å². The lowest BCUT2D eigenvalue weighted by Gasteiger charge is -2.06. The molecule has 3 rings (SSSR count). The summed E-state index contributed by atoms with van der Waals surface area (Å²) in [7, 11) is 0. The van der Waals surface area contributed by atoms with Crippen LogP contribution in [0.25, 0.3) is 10.6 Å². The predicted octanol–water partition coefficient (Wildman–Crippen LogP) is 3.88. The number of ether oxygens (including phenoxy) is 1. The number of esters is 1. The van der Waals surface area contributed by atoms with Gasteiger partial charge < -0.3 is 10.1 Å². The van der Waals surface area contributed by atoms with Crippen molar-refractivity contribution in [3.05, 3.63) is 71.2 Å². The van der Waals surface area contributed by atoms with Crippen molar-refractivity contribution in [2.24, 2.45) is 0 Å². The van der Waals surface area contributed by atoms with E-state index in [0.29, 0.717) is 5.01 Å². The number of anilines is 1. The number of nitrogens with one attached hydrogen (secondary N) is 1. The van der Waals surface area contributed by atoms with E-state index >= 15 is 0 Å². The predicted molar refractivity (Wildman–Crippen MR) is 92.8 cm³/mol. The van der Waals surface area contributed by atoms with Crippen LogP contribution in [0.3, 0.4) is 0 Å². The van der Waals surface area contributed by atoms with Crippen LogP contribution >= 0.6 is 11.3 Å². The van der Waals surface area contributed by atoms with Gasteiger partial charge in [0.05, 0.1) is 0 Å². The van der Waals surface area contributed by atoms with E-state index in [4.69, 9.17) is 4.74 Å². The van der Waals surface area contributed by atoms with Gasteiger partial charge >= 0.3 is 5.97 Å². The highest BCUT2D eigenvalue weighted by molar-refractivity contribution is 7.13. The highest BCUT2D eigenvalue weighted by Crippen LogP contribution is 2.23. The summed E-state index contributed by atoms with van der Waals surface area (Å²) in [6.45, 7) is -0.573. The van der Waals surface area contributed by atoms with Gasteiger partial charge in [-0.15, -0.1) is 11.3 Å². The summed E-state index contributed by atoms with van der Waals surface area (Å²) in [5.74, 6) is -3.53. The van der Waals surface area contributed by atoms with Crippen LogP contribution in [0.4, 0.5) is 14.5 Å². The summed E-state index contributed by atoms with van der Waals surface area (Å²) in [5.41, 5.74) is 1.02. The Morgan fingerprint density at radius 2 is 1.85 bits per heavy atom. The van der Waals surface area contributed by atoms with Gasteiger partial charge in [-0.05, 0) is 12.1 Å². The molecule has 0 atom stereocenters. The first kappa shape index (κ1) is 17.7. The van der Waals surface area contributed by atoms with Crippen LogP contribution in [0.2, 0.25) is 0 Å². The largest absolute Gasteiger partial charge is 0.451 e. The number of hydrogen-bond donors (Lipinski definition) is 1. The van der Waals surface area contributed by atoms with E-state index in [1.165, 1.54) is 22.8 Å². The van der Waals surface area contributed by atoms with E-state index < -0.39 is 30.1 Å². The molecule has 0 aliphatic rings. The van der Waals surface area contributed by atoms with Gasteiger partial charge in [-0.1, -0.05) is 30.3 Å². The Morgan fingerprint density at radius 1 is 1.08 bits per heavy atom. The number of carbonyl (C=O) groups excluding carboxylic acids is 2. The van der Waals surface area contributed by atoms with Crippen LogP contribution in [0.5, 0.6) is 0 Å². The first-order valence-electron chi connectivity index (χ1n) is 7.46. The molecule has 0 saturated carbocycles. The van der Waals surface area contributed by atoms with Gasteiger partial charge in [-0.25, -0.2) is 18.6 Å². The summed E-state index contributed by atoms with van der Waals surface area (Å²) in [5, 5.41) is 4.50. The molecular formula is C18H12F2N2O3S. The minimum atomic E-state index is -1.09. The lowest BCUT2D eigenvalue weighted by molar-refractivity contribution is -0.119. The standard InChI is InChI=1S/C18H12F2N2O3S/c19-13-7-6-12(8-14(13)20)21-16(23)9-25-18(24)15-10-26-17(22-15)11-4-2-1-3-5-11/h1-8,10H,9H2,(H,21,23). The average molecular weight is 374 g/mol. The van der Waals surface area contributed by atoms with Crippen molar-refractivity contribution in [2.75, 3.05) is 11.9 Å². The van der Waals surface area contributed by atoms with Gasteiger partial charge in [0.15, 0.2) is 23.9 Å². The molecule has 1 amide bonds. The summed E-state index contributed by atoms with van der Waals surface area (Å²) >= 11 is 1.28. The fourth-order valence-corrected chi connectivity index (χ4v) is 2.85. The highest BCUT2D eigenvalue weighted by Gasteiger charge is 2.15. The molecule has 26 heavy (non-hydrogen) atoms. The fourth-order valence-electron chi connectivity index (χ4n) is 2.06. The van der Waals surface area contributed by atoms with Gasteiger partial charge in [0.2, 0.25) is 0 Å². The molecule has 8 heteroatoms. The first-order valence-corrected chi connectivity index (χ1v) is 8.34. The number of thiazole rings is 1. The highest BCUT2D eigenvalue weighted by atomic mass is 32.1. The monoisotopic (exact) mass is 374 g/mol. The minimum Gasteiger partial charge on any atom is -0.451 e. The van der Waals surface area contributed by atoms with Crippen LogP contribution in [-0.2, 0) is 9.53 Å². The molecule has 0 aliphatic heterocycles. The Morgan fingerprint density at radius 3 is 2.58 bits per heavy atom. The summed E-state index contributed by atoms with van der Waals surface area (Å²) < 4.78 is 30.8.